The molecule has 0 N–H and O–H groups in total. The number of fused-ring (bicyclic) bond motifs is 1. The van der Waals surface area contributed by atoms with Gasteiger partial charge in [-0.15, -0.1) is 0 Å². The number of hydrogen-bond donors (Lipinski definition) is 0. The van der Waals surface area contributed by atoms with Gasteiger partial charge in [0.2, 0.25) is 0 Å². The van der Waals surface area contributed by atoms with Crippen LogP contribution >= 0.6 is 0 Å². The lowest BCUT2D eigenvalue weighted by molar-refractivity contribution is -0.139. The fraction of sp³-hybridized carbons (Fsp3) is 0.323. The van der Waals surface area contributed by atoms with E-state index < -0.39 is 34.6 Å². The molecule has 204 valence electrons. The first-order valence-corrected chi connectivity index (χ1v) is 12.8. The van der Waals surface area contributed by atoms with Crippen molar-refractivity contribution >= 4 is 16.7 Å². The first-order valence-electron chi connectivity index (χ1n) is 12.8. The normalized spacial score (nSPS) is 15.5. The minimum atomic E-state index is -4.96. The highest BCUT2D eigenvalue weighted by atomic mass is 19.4. The standard InChI is InChI=1S/C31H26F6O2/c1-2-3-4-5-19-6-8-21(9-7-19)30(38)39-24-12-10-20(11-13-24)22-16-23-18-26(32)25(14-15-31(35,36)37)29(34)28(23)27(33)17-22/h6,10-13,16-18,21H,2-5,7-9H2,1H3. The van der Waals surface area contributed by atoms with Gasteiger partial charge in [-0.1, -0.05) is 49.5 Å². The minimum absolute atomic E-state index is 0.174. The second kappa shape index (κ2) is 12.0. The number of esters is 1. The molecule has 39 heavy (non-hydrogen) atoms. The maximum absolute atomic E-state index is 14.8. The van der Waals surface area contributed by atoms with E-state index in [4.69, 9.17) is 4.74 Å². The average Bonchev–Trinajstić information content (AvgIpc) is 2.88. The van der Waals surface area contributed by atoms with Crippen LogP contribution in [0.4, 0.5) is 26.3 Å². The molecule has 0 spiro atoms. The van der Waals surface area contributed by atoms with Crippen molar-refractivity contribution in [2.45, 2.75) is 58.0 Å². The quantitative estimate of drug-likeness (QED) is 0.0741. The maximum atomic E-state index is 14.8. The summed E-state index contributed by atoms with van der Waals surface area (Å²) in [5.41, 5.74) is 0.997. The molecule has 1 atom stereocenters. The molecule has 3 aromatic rings. The van der Waals surface area contributed by atoms with Crippen LogP contribution in [0.15, 0.2) is 54.1 Å². The highest BCUT2D eigenvalue weighted by Crippen LogP contribution is 2.33. The van der Waals surface area contributed by atoms with Crippen molar-refractivity contribution in [3.05, 3.63) is 77.1 Å². The van der Waals surface area contributed by atoms with Gasteiger partial charge in [0.15, 0.2) is 5.82 Å². The third kappa shape index (κ3) is 7.03. The summed E-state index contributed by atoms with van der Waals surface area (Å²) >= 11 is 0. The first kappa shape index (κ1) is 28.3. The summed E-state index contributed by atoms with van der Waals surface area (Å²) in [7, 11) is 0. The Balaban J connectivity index is 1.49. The van der Waals surface area contributed by atoms with Crippen LogP contribution in [0.2, 0.25) is 0 Å². The lowest BCUT2D eigenvalue weighted by atomic mass is 9.87. The van der Waals surface area contributed by atoms with Crippen LogP contribution < -0.4 is 4.74 Å². The predicted molar refractivity (Wildman–Crippen MR) is 137 cm³/mol. The van der Waals surface area contributed by atoms with Crippen LogP contribution in [-0.2, 0) is 4.79 Å². The summed E-state index contributed by atoms with van der Waals surface area (Å²) in [6, 6.07) is 9.30. The largest absolute Gasteiger partial charge is 0.458 e. The number of alkyl halides is 3. The van der Waals surface area contributed by atoms with E-state index in [1.807, 2.05) is 0 Å². The number of allylic oxidation sites excluding steroid dienone is 2. The van der Waals surface area contributed by atoms with Gasteiger partial charge in [-0.2, -0.15) is 13.2 Å². The van der Waals surface area contributed by atoms with E-state index in [1.165, 1.54) is 30.4 Å². The van der Waals surface area contributed by atoms with Gasteiger partial charge in [-0.25, -0.2) is 13.2 Å². The zero-order valence-electron chi connectivity index (χ0n) is 21.2. The van der Waals surface area contributed by atoms with Gasteiger partial charge in [0.1, 0.15) is 17.4 Å². The fourth-order valence-corrected chi connectivity index (χ4v) is 4.67. The van der Waals surface area contributed by atoms with E-state index in [2.05, 4.69) is 13.0 Å². The zero-order chi connectivity index (χ0) is 28.2. The Morgan fingerprint density at radius 1 is 1.00 bits per heavy atom. The van der Waals surface area contributed by atoms with Gasteiger partial charge in [0, 0.05) is 5.92 Å². The number of carbonyl (C=O) groups excluding carboxylic acids is 1. The first-order chi connectivity index (χ1) is 18.6. The molecule has 0 amide bonds. The number of ether oxygens (including phenoxy) is 1. The van der Waals surface area contributed by atoms with Gasteiger partial charge in [0.25, 0.3) is 0 Å². The Bertz CT molecular complexity index is 1460. The molecule has 1 aliphatic rings. The second-order valence-electron chi connectivity index (χ2n) is 9.59. The van der Waals surface area contributed by atoms with Crippen molar-refractivity contribution in [2.75, 3.05) is 0 Å². The molecule has 0 saturated heterocycles. The summed E-state index contributed by atoms with van der Waals surface area (Å²) in [4.78, 5) is 12.6. The Kier molecular flexibility index (Phi) is 8.69. The third-order valence-electron chi connectivity index (χ3n) is 6.76. The predicted octanol–water partition coefficient (Wildman–Crippen LogP) is 9.05. The third-order valence-corrected chi connectivity index (χ3v) is 6.76. The van der Waals surface area contributed by atoms with Crippen LogP contribution in [0, 0.1) is 35.2 Å². The van der Waals surface area contributed by atoms with Gasteiger partial charge in [0.05, 0.1) is 16.9 Å². The molecule has 4 rings (SSSR count). The molecular formula is C31H26F6O2. The Labute approximate surface area is 222 Å². The van der Waals surface area contributed by atoms with Crippen molar-refractivity contribution in [3.8, 4) is 28.7 Å². The van der Waals surface area contributed by atoms with E-state index in [1.54, 1.807) is 24.3 Å². The fourth-order valence-electron chi connectivity index (χ4n) is 4.67. The molecule has 0 aliphatic heterocycles. The van der Waals surface area contributed by atoms with E-state index in [9.17, 15) is 31.1 Å². The number of rotatable bonds is 7. The Morgan fingerprint density at radius 3 is 2.38 bits per heavy atom. The number of unbranched alkanes of at least 4 members (excludes halogenated alkanes) is 2. The molecule has 0 fully saturated rings. The van der Waals surface area contributed by atoms with Crippen molar-refractivity contribution in [2.24, 2.45) is 5.92 Å². The lowest BCUT2D eigenvalue weighted by Gasteiger charge is -2.20. The molecule has 3 aromatic carbocycles. The van der Waals surface area contributed by atoms with Crippen LogP contribution in [-0.4, -0.2) is 12.1 Å². The molecular weight excluding hydrogens is 518 g/mol. The summed E-state index contributed by atoms with van der Waals surface area (Å²) in [6.45, 7) is 2.16. The zero-order valence-corrected chi connectivity index (χ0v) is 21.2. The molecule has 0 aromatic heterocycles. The summed E-state index contributed by atoms with van der Waals surface area (Å²) in [6.07, 6.45) is 4.03. The van der Waals surface area contributed by atoms with E-state index >= 15 is 0 Å². The van der Waals surface area contributed by atoms with E-state index in [0.717, 1.165) is 43.7 Å². The van der Waals surface area contributed by atoms with Crippen LogP contribution in [0.25, 0.3) is 21.9 Å². The number of hydrogen-bond acceptors (Lipinski definition) is 2. The number of benzene rings is 3. The SMILES string of the molecule is CCCCCC1=CCC(C(=O)Oc2ccc(-c3cc(F)c4c(F)c(C#CC(F)(F)F)c(F)cc4c3)cc2)CC1. The molecule has 0 heterocycles. The van der Waals surface area contributed by atoms with E-state index in [-0.39, 0.29) is 22.8 Å². The van der Waals surface area contributed by atoms with Gasteiger partial charge in [-0.05, 0) is 78.9 Å². The van der Waals surface area contributed by atoms with Crippen LogP contribution in [0.5, 0.6) is 5.75 Å². The van der Waals surface area contributed by atoms with Crippen molar-refractivity contribution in [1.29, 1.82) is 0 Å². The van der Waals surface area contributed by atoms with Crippen molar-refractivity contribution < 1.29 is 35.9 Å². The Hall–Kier alpha value is -3.73. The highest BCUT2D eigenvalue weighted by molar-refractivity contribution is 5.90. The monoisotopic (exact) mass is 544 g/mol. The van der Waals surface area contributed by atoms with Gasteiger partial charge in [-0.3, -0.25) is 4.79 Å². The molecule has 0 radical (unpaired) electrons. The molecule has 0 saturated carbocycles. The molecule has 2 nitrogen and oxygen atoms in total. The minimum Gasteiger partial charge on any atom is -0.426 e. The molecule has 1 aliphatic carbocycles. The number of halogens is 6. The molecule has 1 unspecified atom stereocenters. The van der Waals surface area contributed by atoms with Gasteiger partial charge < -0.3 is 4.74 Å². The van der Waals surface area contributed by atoms with E-state index in [0.29, 0.717) is 17.7 Å². The van der Waals surface area contributed by atoms with Crippen molar-refractivity contribution in [1.82, 2.24) is 0 Å². The van der Waals surface area contributed by atoms with Crippen LogP contribution in [0.1, 0.15) is 57.4 Å². The molecule has 0 bridgehead atoms. The summed E-state index contributed by atoms with van der Waals surface area (Å²) in [5, 5.41) is -0.834. The summed E-state index contributed by atoms with van der Waals surface area (Å²) < 4.78 is 86.6. The molecule has 8 heteroatoms. The smallest absolute Gasteiger partial charge is 0.426 e. The summed E-state index contributed by atoms with van der Waals surface area (Å²) in [5.74, 6) is -1.93. The lowest BCUT2D eigenvalue weighted by Crippen LogP contribution is -2.22. The Morgan fingerprint density at radius 2 is 1.74 bits per heavy atom. The van der Waals surface area contributed by atoms with Crippen LogP contribution in [0.3, 0.4) is 0 Å². The maximum Gasteiger partial charge on any atom is 0.458 e. The second-order valence-corrected chi connectivity index (χ2v) is 9.59. The average molecular weight is 545 g/mol. The number of carbonyl (C=O) groups is 1. The van der Waals surface area contributed by atoms with Crippen molar-refractivity contribution in [3.63, 3.8) is 0 Å². The van der Waals surface area contributed by atoms with Gasteiger partial charge >= 0.3 is 12.1 Å². The highest BCUT2D eigenvalue weighted by Gasteiger charge is 2.25. The topological polar surface area (TPSA) is 26.3 Å².